The van der Waals surface area contributed by atoms with Gasteiger partial charge in [0.05, 0.1) is 12.3 Å². The fourth-order valence-corrected chi connectivity index (χ4v) is 1.54. The minimum atomic E-state index is -0.117. The van der Waals surface area contributed by atoms with Gasteiger partial charge in [-0.1, -0.05) is 6.07 Å². The van der Waals surface area contributed by atoms with E-state index < -0.39 is 0 Å². The van der Waals surface area contributed by atoms with Gasteiger partial charge in [-0.05, 0) is 30.7 Å². The van der Waals surface area contributed by atoms with Gasteiger partial charge in [-0.2, -0.15) is 0 Å². The molecule has 0 saturated carbocycles. The van der Waals surface area contributed by atoms with Crippen molar-refractivity contribution in [1.29, 1.82) is 0 Å². The SMILES string of the molecule is Cc1cccnc1CC(N)c1ccco1. The van der Waals surface area contributed by atoms with Crippen LogP contribution in [0.2, 0.25) is 0 Å². The van der Waals surface area contributed by atoms with Crippen LogP contribution in [0, 0.1) is 6.92 Å². The molecule has 3 nitrogen and oxygen atoms in total. The number of aryl methyl sites for hydroxylation is 1. The number of nitrogens with zero attached hydrogens (tertiary/aromatic N) is 1. The summed E-state index contributed by atoms with van der Waals surface area (Å²) in [7, 11) is 0. The molecule has 0 amide bonds. The van der Waals surface area contributed by atoms with E-state index in [1.807, 2.05) is 31.2 Å². The number of aromatic nitrogens is 1. The van der Waals surface area contributed by atoms with Gasteiger partial charge >= 0.3 is 0 Å². The maximum Gasteiger partial charge on any atom is 0.120 e. The highest BCUT2D eigenvalue weighted by atomic mass is 16.3. The molecule has 1 atom stereocenters. The second-order valence-corrected chi connectivity index (χ2v) is 3.59. The molecule has 2 aromatic heterocycles. The Hall–Kier alpha value is -1.61. The molecule has 3 heteroatoms. The zero-order valence-corrected chi connectivity index (χ0v) is 8.68. The molecule has 0 fully saturated rings. The number of hydrogen-bond donors (Lipinski definition) is 1. The Labute approximate surface area is 88.9 Å². The zero-order chi connectivity index (χ0) is 10.7. The topological polar surface area (TPSA) is 52.0 Å². The van der Waals surface area contributed by atoms with Crippen molar-refractivity contribution in [3.8, 4) is 0 Å². The van der Waals surface area contributed by atoms with Crippen molar-refractivity contribution >= 4 is 0 Å². The monoisotopic (exact) mass is 202 g/mol. The molecular weight excluding hydrogens is 188 g/mol. The quantitative estimate of drug-likeness (QED) is 0.830. The number of furan rings is 1. The van der Waals surface area contributed by atoms with Gasteiger partial charge < -0.3 is 10.2 Å². The number of nitrogens with two attached hydrogens (primary N) is 1. The molecule has 2 heterocycles. The van der Waals surface area contributed by atoms with E-state index in [-0.39, 0.29) is 6.04 Å². The molecule has 0 aliphatic rings. The van der Waals surface area contributed by atoms with Crippen molar-refractivity contribution in [2.75, 3.05) is 0 Å². The van der Waals surface area contributed by atoms with E-state index >= 15 is 0 Å². The molecule has 0 spiro atoms. The molecule has 0 bridgehead atoms. The lowest BCUT2D eigenvalue weighted by Gasteiger charge is -2.09. The fourth-order valence-electron chi connectivity index (χ4n) is 1.54. The van der Waals surface area contributed by atoms with Gasteiger partial charge in [0.15, 0.2) is 0 Å². The van der Waals surface area contributed by atoms with Crippen LogP contribution in [0.3, 0.4) is 0 Å². The summed E-state index contributed by atoms with van der Waals surface area (Å²) in [5.41, 5.74) is 8.20. The molecule has 0 aromatic carbocycles. The highest BCUT2D eigenvalue weighted by molar-refractivity contribution is 5.20. The lowest BCUT2D eigenvalue weighted by atomic mass is 10.1. The van der Waals surface area contributed by atoms with Crippen LogP contribution in [-0.4, -0.2) is 4.98 Å². The molecule has 78 valence electrons. The van der Waals surface area contributed by atoms with Crippen molar-refractivity contribution in [1.82, 2.24) is 4.98 Å². The summed E-state index contributed by atoms with van der Waals surface area (Å²) in [6.07, 6.45) is 4.14. The largest absolute Gasteiger partial charge is 0.468 e. The Morgan fingerprint density at radius 1 is 1.40 bits per heavy atom. The summed E-state index contributed by atoms with van der Waals surface area (Å²) in [6, 6.07) is 7.59. The smallest absolute Gasteiger partial charge is 0.120 e. The Kier molecular flexibility index (Phi) is 2.83. The van der Waals surface area contributed by atoms with Crippen LogP contribution in [-0.2, 0) is 6.42 Å². The van der Waals surface area contributed by atoms with Crippen LogP contribution < -0.4 is 5.73 Å². The number of rotatable bonds is 3. The van der Waals surface area contributed by atoms with Gasteiger partial charge in [-0.3, -0.25) is 4.98 Å². The molecule has 15 heavy (non-hydrogen) atoms. The molecule has 2 rings (SSSR count). The third kappa shape index (κ3) is 2.25. The minimum absolute atomic E-state index is 0.117. The van der Waals surface area contributed by atoms with E-state index in [4.69, 9.17) is 10.2 Å². The van der Waals surface area contributed by atoms with Crippen molar-refractivity contribution in [2.45, 2.75) is 19.4 Å². The van der Waals surface area contributed by atoms with Crippen LogP contribution in [0.4, 0.5) is 0 Å². The Bertz CT molecular complexity index is 423. The van der Waals surface area contributed by atoms with Gasteiger partial charge in [0.25, 0.3) is 0 Å². The predicted molar refractivity (Wildman–Crippen MR) is 58.3 cm³/mol. The summed E-state index contributed by atoms with van der Waals surface area (Å²) in [4.78, 5) is 4.31. The Morgan fingerprint density at radius 2 is 2.27 bits per heavy atom. The number of hydrogen-bond acceptors (Lipinski definition) is 3. The summed E-state index contributed by atoms with van der Waals surface area (Å²) < 4.78 is 5.25. The second-order valence-electron chi connectivity index (χ2n) is 3.59. The van der Waals surface area contributed by atoms with Crippen LogP contribution >= 0.6 is 0 Å². The van der Waals surface area contributed by atoms with E-state index in [0.717, 1.165) is 11.5 Å². The van der Waals surface area contributed by atoms with Crippen LogP contribution in [0.5, 0.6) is 0 Å². The second kappa shape index (κ2) is 4.28. The first-order valence-electron chi connectivity index (χ1n) is 4.97. The highest BCUT2D eigenvalue weighted by Gasteiger charge is 2.11. The average molecular weight is 202 g/mol. The summed E-state index contributed by atoms with van der Waals surface area (Å²) in [5.74, 6) is 0.806. The van der Waals surface area contributed by atoms with E-state index in [1.165, 1.54) is 5.56 Å². The van der Waals surface area contributed by atoms with Gasteiger partial charge in [-0.25, -0.2) is 0 Å². The van der Waals surface area contributed by atoms with Crippen LogP contribution in [0.15, 0.2) is 41.1 Å². The molecule has 2 N–H and O–H groups in total. The lowest BCUT2D eigenvalue weighted by molar-refractivity contribution is 0.462. The average Bonchev–Trinajstić information content (AvgIpc) is 2.74. The normalized spacial score (nSPS) is 12.7. The Morgan fingerprint density at radius 3 is 2.93 bits per heavy atom. The first-order chi connectivity index (χ1) is 7.27. The van der Waals surface area contributed by atoms with Crippen molar-refractivity contribution in [3.05, 3.63) is 53.7 Å². The van der Waals surface area contributed by atoms with Crippen LogP contribution in [0.1, 0.15) is 23.1 Å². The zero-order valence-electron chi connectivity index (χ0n) is 8.68. The van der Waals surface area contributed by atoms with Gasteiger partial charge in [0, 0.05) is 18.3 Å². The lowest BCUT2D eigenvalue weighted by Crippen LogP contribution is -2.14. The third-order valence-electron chi connectivity index (χ3n) is 2.44. The predicted octanol–water partition coefficient (Wildman–Crippen LogP) is 2.23. The van der Waals surface area contributed by atoms with Crippen molar-refractivity contribution < 1.29 is 4.42 Å². The first-order valence-corrected chi connectivity index (χ1v) is 4.97. The number of pyridine rings is 1. The van der Waals surface area contributed by atoms with Gasteiger partial charge in [0.2, 0.25) is 0 Å². The van der Waals surface area contributed by atoms with Crippen molar-refractivity contribution in [3.63, 3.8) is 0 Å². The maximum atomic E-state index is 6.01. The van der Waals surface area contributed by atoms with Gasteiger partial charge in [-0.15, -0.1) is 0 Å². The van der Waals surface area contributed by atoms with E-state index in [1.54, 1.807) is 12.5 Å². The van der Waals surface area contributed by atoms with Crippen LogP contribution in [0.25, 0.3) is 0 Å². The molecule has 1 unspecified atom stereocenters. The fraction of sp³-hybridized carbons (Fsp3) is 0.250. The summed E-state index contributed by atoms with van der Waals surface area (Å²) in [6.45, 7) is 2.04. The molecule has 2 aromatic rings. The molecule has 0 saturated heterocycles. The van der Waals surface area contributed by atoms with E-state index in [2.05, 4.69) is 4.98 Å². The molecular formula is C12H14N2O. The summed E-state index contributed by atoms with van der Waals surface area (Å²) in [5, 5.41) is 0. The maximum absolute atomic E-state index is 6.01. The standard InChI is InChI=1S/C12H14N2O/c1-9-4-2-6-14-11(9)8-10(13)12-5-3-7-15-12/h2-7,10H,8,13H2,1H3. The van der Waals surface area contributed by atoms with Gasteiger partial charge in [0.1, 0.15) is 5.76 Å². The minimum Gasteiger partial charge on any atom is -0.468 e. The molecule has 0 aliphatic heterocycles. The highest BCUT2D eigenvalue weighted by Crippen LogP contribution is 2.16. The van der Waals surface area contributed by atoms with Crippen molar-refractivity contribution in [2.24, 2.45) is 5.73 Å². The summed E-state index contributed by atoms with van der Waals surface area (Å²) >= 11 is 0. The third-order valence-corrected chi connectivity index (χ3v) is 2.44. The van der Waals surface area contributed by atoms with E-state index in [9.17, 15) is 0 Å². The molecule has 0 aliphatic carbocycles. The molecule has 0 radical (unpaired) electrons. The first kappa shape index (κ1) is 9.93. The Balaban J connectivity index is 2.13. The van der Waals surface area contributed by atoms with E-state index in [0.29, 0.717) is 6.42 Å².